The highest BCUT2D eigenvalue weighted by Crippen LogP contribution is 2.35. The van der Waals surface area contributed by atoms with Gasteiger partial charge in [-0.25, -0.2) is 4.79 Å². The second kappa shape index (κ2) is 7.74. The molecular weight excluding hydrogens is 348 g/mol. The van der Waals surface area contributed by atoms with Crippen LogP contribution in [0.2, 0.25) is 0 Å². The van der Waals surface area contributed by atoms with Crippen molar-refractivity contribution in [2.24, 2.45) is 0 Å². The fourth-order valence-corrected chi connectivity index (χ4v) is 3.22. The van der Waals surface area contributed by atoms with Crippen molar-refractivity contribution in [3.8, 4) is 5.75 Å². The maximum atomic E-state index is 12.0. The van der Waals surface area contributed by atoms with Gasteiger partial charge in [0.15, 0.2) is 0 Å². The molecule has 2 amide bonds. The SMILES string of the molecule is COc1cccc(NC(=O)Nc2nnc([C@@H]3C[C@H](O)[C@@H](CO)O3)s2)c1. The van der Waals surface area contributed by atoms with E-state index < -0.39 is 24.3 Å². The van der Waals surface area contributed by atoms with E-state index in [1.54, 1.807) is 31.4 Å². The van der Waals surface area contributed by atoms with Crippen molar-refractivity contribution in [3.63, 3.8) is 0 Å². The second-order valence-corrected chi connectivity index (χ2v) is 6.41. The topological polar surface area (TPSA) is 126 Å². The number of methoxy groups -OCH3 is 1. The van der Waals surface area contributed by atoms with E-state index in [4.69, 9.17) is 14.6 Å². The van der Waals surface area contributed by atoms with Gasteiger partial charge in [-0.1, -0.05) is 17.4 Å². The molecule has 0 saturated carbocycles. The Bertz CT molecular complexity index is 740. The van der Waals surface area contributed by atoms with Crippen LogP contribution in [-0.2, 0) is 4.74 Å². The average molecular weight is 366 g/mol. The number of aromatic nitrogens is 2. The van der Waals surface area contributed by atoms with Crippen LogP contribution in [0.3, 0.4) is 0 Å². The van der Waals surface area contributed by atoms with Crippen LogP contribution in [0.1, 0.15) is 17.5 Å². The molecule has 1 aromatic heterocycles. The zero-order chi connectivity index (χ0) is 17.8. The zero-order valence-corrected chi connectivity index (χ0v) is 14.2. The number of aliphatic hydroxyl groups is 2. The highest BCUT2D eigenvalue weighted by Gasteiger charge is 2.36. The average Bonchev–Trinajstić information content (AvgIpc) is 3.21. The first-order chi connectivity index (χ1) is 12.1. The molecular formula is C15H18N4O5S. The van der Waals surface area contributed by atoms with Crippen LogP contribution in [0, 0.1) is 0 Å². The number of aliphatic hydroxyl groups excluding tert-OH is 2. The van der Waals surface area contributed by atoms with Crippen molar-refractivity contribution in [1.82, 2.24) is 10.2 Å². The lowest BCUT2D eigenvalue weighted by Gasteiger charge is -2.09. The molecule has 10 heteroatoms. The maximum absolute atomic E-state index is 12.0. The number of carbonyl (C=O) groups excluding carboxylic acids is 1. The van der Waals surface area contributed by atoms with Crippen LogP contribution in [-0.4, -0.2) is 52.4 Å². The molecule has 4 N–H and O–H groups in total. The summed E-state index contributed by atoms with van der Waals surface area (Å²) < 4.78 is 10.6. The number of carbonyl (C=O) groups is 1. The van der Waals surface area contributed by atoms with E-state index in [1.165, 1.54) is 0 Å². The van der Waals surface area contributed by atoms with Crippen LogP contribution < -0.4 is 15.4 Å². The normalized spacial score (nSPS) is 22.6. The molecule has 134 valence electrons. The van der Waals surface area contributed by atoms with E-state index in [-0.39, 0.29) is 6.61 Å². The number of ether oxygens (including phenoxy) is 2. The zero-order valence-electron chi connectivity index (χ0n) is 13.4. The lowest BCUT2D eigenvalue weighted by Crippen LogP contribution is -2.24. The summed E-state index contributed by atoms with van der Waals surface area (Å²) in [4.78, 5) is 12.0. The van der Waals surface area contributed by atoms with Gasteiger partial charge in [-0.15, -0.1) is 10.2 Å². The minimum absolute atomic E-state index is 0.259. The van der Waals surface area contributed by atoms with Crippen molar-refractivity contribution < 1.29 is 24.5 Å². The third kappa shape index (κ3) is 4.23. The number of hydrogen-bond acceptors (Lipinski definition) is 8. The van der Waals surface area contributed by atoms with Gasteiger partial charge in [0.25, 0.3) is 0 Å². The largest absolute Gasteiger partial charge is 0.497 e. The van der Waals surface area contributed by atoms with E-state index in [0.717, 1.165) is 11.3 Å². The molecule has 3 rings (SSSR count). The molecule has 0 aliphatic carbocycles. The first kappa shape index (κ1) is 17.5. The van der Waals surface area contributed by atoms with Crippen LogP contribution in [0.25, 0.3) is 0 Å². The fraction of sp³-hybridized carbons (Fsp3) is 0.400. The van der Waals surface area contributed by atoms with E-state index >= 15 is 0 Å². The summed E-state index contributed by atoms with van der Waals surface area (Å²) in [6.45, 7) is -0.259. The van der Waals surface area contributed by atoms with Crippen LogP contribution >= 0.6 is 11.3 Å². The Balaban J connectivity index is 1.58. The van der Waals surface area contributed by atoms with Gasteiger partial charge in [0.05, 0.1) is 19.8 Å². The molecule has 2 heterocycles. The van der Waals surface area contributed by atoms with Crippen molar-refractivity contribution in [1.29, 1.82) is 0 Å². The number of amides is 2. The van der Waals surface area contributed by atoms with Gasteiger partial charge in [-0.2, -0.15) is 0 Å². The van der Waals surface area contributed by atoms with E-state index in [9.17, 15) is 9.90 Å². The quantitative estimate of drug-likeness (QED) is 0.630. The number of urea groups is 1. The molecule has 0 radical (unpaired) electrons. The van der Waals surface area contributed by atoms with Gasteiger partial charge < -0.3 is 25.0 Å². The van der Waals surface area contributed by atoms with E-state index in [1.807, 2.05) is 0 Å². The molecule has 2 aromatic rings. The molecule has 1 fully saturated rings. The summed E-state index contributed by atoms with van der Waals surface area (Å²) in [7, 11) is 1.55. The highest BCUT2D eigenvalue weighted by molar-refractivity contribution is 7.15. The van der Waals surface area contributed by atoms with Crippen molar-refractivity contribution in [2.45, 2.75) is 24.7 Å². The smallest absolute Gasteiger partial charge is 0.325 e. The fourth-order valence-electron chi connectivity index (χ4n) is 2.43. The molecule has 3 atom stereocenters. The predicted molar refractivity (Wildman–Crippen MR) is 90.9 cm³/mol. The Morgan fingerprint density at radius 3 is 3.00 bits per heavy atom. The Labute approximate surface area is 147 Å². The lowest BCUT2D eigenvalue weighted by molar-refractivity contribution is -0.0227. The molecule has 25 heavy (non-hydrogen) atoms. The number of benzene rings is 1. The minimum atomic E-state index is -0.744. The summed E-state index contributed by atoms with van der Waals surface area (Å²) in [6.07, 6.45) is -1.48. The van der Waals surface area contributed by atoms with Gasteiger partial charge in [-0.3, -0.25) is 5.32 Å². The number of nitrogens with zero attached hydrogens (tertiary/aromatic N) is 2. The highest BCUT2D eigenvalue weighted by atomic mass is 32.1. The van der Waals surface area contributed by atoms with Crippen molar-refractivity contribution in [3.05, 3.63) is 29.3 Å². The molecule has 1 aliphatic heterocycles. The van der Waals surface area contributed by atoms with Crippen LogP contribution in [0.4, 0.5) is 15.6 Å². The summed E-state index contributed by atoms with van der Waals surface area (Å²) in [6, 6.07) is 6.49. The standard InChI is InChI=1S/C15H18N4O5S/c1-23-9-4-2-3-8(5-9)16-14(22)17-15-19-18-13(25-15)11-6-10(21)12(7-20)24-11/h2-5,10-12,20-21H,6-7H2,1H3,(H2,16,17,19,22)/t10-,11-,12+/m0/s1. The molecule has 9 nitrogen and oxygen atoms in total. The number of anilines is 2. The molecule has 1 aliphatic rings. The monoisotopic (exact) mass is 366 g/mol. The van der Waals surface area contributed by atoms with Gasteiger partial charge in [0.2, 0.25) is 5.13 Å². The maximum Gasteiger partial charge on any atom is 0.325 e. The molecule has 0 bridgehead atoms. The molecule has 1 aromatic carbocycles. The first-order valence-corrected chi connectivity index (χ1v) is 8.40. The van der Waals surface area contributed by atoms with Gasteiger partial charge >= 0.3 is 6.03 Å². The Kier molecular flexibility index (Phi) is 5.43. The Hall–Kier alpha value is -2.27. The van der Waals surface area contributed by atoms with Crippen molar-refractivity contribution >= 4 is 28.2 Å². The van der Waals surface area contributed by atoms with Crippen molar-refractivity contribution in [2.75, 3.05) is 24.4 Å². The third-order valence-corrected chi connectivity index (χ3v) is 4.60. The third-order valence-electron chi connectivity index (χ3n) is 3.67. The number of rotatable bonds is 5. The Morgan fingerprint density at radius 1 is 1.44 bits per heavy atom. The summed E-state index contributed by atoms with van der Waals surface area (Å²) in [5.41, 5.74) is 0.578. The Morgan fingerprint density at radius 2 is 2.28 bits per heavy atom. The van der Waals surface area contributed by atoms with Gasteiger partial charge in [-0.05, 0) is 12.1 Å². The van der Waals surface area contributed by atoms with E-state index in [2.05, 4.69) is 20.8 Å². The van der Waals surface area contributed by atoms with Gasteiger partial charge in [0.1, 0.15) is 23.0 Å². The second-order valence-electron chi connectivity index (χ2n) is 5.41. The predicted octanol–water partition coefficient (Wildman–Crippen LogP) is 1.37. The molecule has 1 saturated heterocycles. The lowest BCUT2D eigenvalue weighted by atomic mass is 10.1. The van der Waals surface area contributed by atoms with Crippen LogP contribution in [0.5, 0.6) is 5.75 Å². The number of hydrogen-bond donors (Lipinski definition) is 4. The first-order valence-electron chi connectivity index (χ1n) is 7.59. The summed E-state index contributed by atoms with van der Waals surface area (Å²) in [5.74, 6) is 0.631. The summed E-state index contributed by atoms with van der Waals surface area (Å²) >= 11 is 1.15. The molecule has 0 unspecified atom stereocenters. The van der Waals surface area contributed by atoms with E-state index in [0.29, 0.717) is 28.0 Å². The molecule has 0 spiro atoms. The minimum Gasteiger partial charge on any atom is -0.497 e. The summed E-state index contributed by atoms with van der Waals surface area (Å²) in [5, 5.41) is 32.9. The van der Waals surface area contributed by atoms with Gasteiger partial charge in [0, 0.05) is 18.2 Å². The van der Waals surface area contributed by atoms with Crippen LogP contribution in [0.15, 0.2) is 24.3 Å². The number of nitrogens with one attached hydrogen (secondary N) is 2.